The van der Waals surface area contributed by atoms with Gasteiger partial charge in [-0.25, -0.2) is 4.79 Å². The number of carbonyl (C=O) groups excluding carboxylic acids is 1. The normalized spacial score (nSPS) is 11.9. The van der Waals surface area contributed by atoms with E-state index < -0.39 is 23.8 Å². The first-order chi connectivity index (χ1) is 17.1. The van der Waals surface area contributed by atoms with E-state index in [9.17, 15) is 40.2 Å². The highest BCUT2D eigenvalue weighted by molar-refractivity contribution is 5.90. The Kier molecular flexibility index (Phi) is 6.60. The average molecular weight is 494 g/mol. The Morgan fingerprint density at radius 2 is 1.47 bits per heavy atom. The molecule has 0 bridgehead atoms. The Labute approximate surface area is 203 Å². The molecule has 0 aliphatic heterocycles. The zero-order chi connectivity index (χ0) is 26.0. The van der Waals surface area contributed by atoms with Gasteiger partial charge in [-0.05, 0) is 60.0 Å². The molecule has 0 saturated carbocycles. The van der Waals surface area contributed by atoms with Crippen LogP contribution in [-0.4, -0.2) is 48.7 Å². The number of phenols is 5. The van der Waals surface area contributed by atoms with Crippen LogP contribution in [0.2, 0.25) is 0 Å². The molecule has 186 valence electrons. The minimum Gasteiger partial charge on any atom is -0.504 e. The second-order valence-electron chi connectivity index (χ2n) is 8.14. The molecule has 0 unspecified atom stereocenters. The first-order valence-electron chi connectivity index (χ1n) is 10.8. The van der Waals surface area contributed by atoms with Crippen LogP contribution in [0.5, 0.6) is 28.7 Å². The van der Waals surface area contributed by atoms with Crippen LogP contribution < -0.4 is 0 Å². The van der Waals surface area contributed by atoms with Gasteiger partial charge in [0.1, 0.15) is 5.76 Å². The van der Waals surface area contributed by atoms with Gasteiger partial charge in [0.25, 0.3) is 0 Å². The summed E-state index contributed by atoms with van der Waals surface area (Å²) in [6, 6.07) is 12.6. The quantitative estimate of drug-likeness (QED) is 0.156. The Hall–Kier alpha value is -4.86. The van der Waals surface area contributed by atoms with Crippen molar-refractivity contribution in [3.63, 3.8) is 0 Å². The molecule has 10 heteroatoms. The van der Waals surface area contributed by atoms with Gasteiger partial charge >= 0.3 is 11.9 Å². The van der Waals surface area contributed by atoms with Crippen molar-refractivity contribution in [2.75, 3.05) is 0 Å². The second-order valence-corrected chi connectivity index (χ2v) is 8.14. The number of esters is 1. The van der Waals surface area contributed by atoms with Crippen LogP contribution in [0.25, 0.3) is 22.3 Å². The monoisotopic (exact) mass is 494 g/mol. The Balaban J connectivity index is 1.49. The lowest BCUT2D eigenvalue weighted by Crippen LogP contribution is -2.29. The lowest BCUT2D eigenvalue weighted by molar-refractivity contribution is -0.163. The number of aromatic hydroxyl groups is 5. The minimum absolute atomic E-state index is 0.131. The summed E-state index contributed by atoms with van der Waals surface area (Å²) in [6.07, 6.45) is -1.71. The van der Waals surface area contributed by atoms with Gasteiger partial charge in [0.2, 0.25) is 6.10 Å². The van der Waals surface area contributed by atoms with E-state index in [0.717, 1.165) is 0 Å². The molecule has 0 saturated heterocycles. The van der Waals surface area contributed by atoms with E-state index in [1.807, 2.05) is 0 Å². The predicted molar refractivity (Wildman–Crippen MR) is 126 cm³/mol. The van der Waals surface area contributed by atoms with Gasteiger partial charge < -0.3 is 39.8 Å². The topological polar surface area (TPSA) is 178 Å². The third-order valence-corrected chi connectivity index (χ3v) is 5.62. The summed E-state index contributed by atoms with van der Waals surface area (Å²) in [5.41, 5.74) is 1.61. The smallest absolute Gasteiger partial charge is 0.345 e. The summed E-state index contributed by atoms with van der Waals surface area (Å²) in [5.74, 6) is -3.34. The van der Waals surface area contributed by atoms with Gasteiger partial charge in [0.05, 0.1) is 0 Å². The highest BCUT2D eigenvalue weighted by Gasteiger charge is 2.24. The Morgan fingerprint density at radius 1 is 0.806 bits per heavy atom. The molecule has 0 aliphatic carbocycles. The van der Waals surface area contributed by atoms with Gasteiger partial charge in [-0.1, -0.05) is 12.1 Å². The maximum Gasteiger partial charge on any atom is 0.345 e. The molecule has 4 aromatic rings. The van der Waals surface area contributed by atoms with Crippen molar-refractivity contribution in [1.29, 1.82) is 0 Å². The van der Waals surface area contributed by atoms with E-state index in [4.69, 9.17) is 9.15 Å². The van der Waals surface area contributed by atoms with Crippen LogP contribution >= 0.6 is 0 Å². The molecule has 0 fully saturated rings. The molecule has 0 spiro atoms. The van der Waals surface area contributed by atoms with E-state index in [1.165, 1.54) is 42.5 Å². The highest BCUT2D eigenvalue weighted by Crippen LogP contribution is 2.38. The van der Waals surface area contributed by atoms with Crippen molar-refractivity contribution >= 4 is 22.9 Å². The molecule has 1 atom stereocenters. The van der Waals surface area contributed by atoms with E-state index in [2.05, 4.69) is 0 Å². The summed E-state index contributed by atoms with van der Waals surface area (Å²) < 4.78 is 10.9. The maximum absolute atomic E-state index is 12.4. The van der Waals surface area contributed by atoms with Gasteiger partial charge in [0, 0.05) is 23.8 Å². The van der Waals surface area contributed by atoms with Crippen LogP contribution in [0.3, 0.4) is 0 Å². The molecule has 36 heavy (non-hydrogen) atoms. The molecule has 6 N–H and O–H groups in total. The average Bonchev–Trinajstić information content (AvgIpc) is 3.29. The Bertz CT molecular complexity index is 1450. The standard InChI is InChI=1S/C26H22O10/c27-17-5-1-13(9-20(17)30)10-23(26(33)34)35-24(32)8-4-14-2-7-19(29)25-16(14)12-22(36-25)15-3-6-18(28)21(31)11-15/h1-3,5-7,9,11-12,23,27-31H,4,8,10H2,(H,33,34)/t23-/m1/s1. The minimum atomic E-state index is -1.50. The van der Waals surface area contributed by atoms with Crippen molar-refractivity contribution < 1.29 is 49.4 Å². The number of hydrogen-bond acceptors (Lipinski definition) is 9. The number of carboxylic acids is 1. The number of aryl methyl sites for hydroxylation is 1. The van der Waals surface area contributed by atoms with E-state index in [0.29, 0.717) is 27.8 Å². The molecule has 4 rings (SSSR count). The molecule has 0 aliphatic rings. The van der Waals surface area contributed by atoms with Gasteiger partial charge in [0.15, 0.2) is 34.3 Å². The largest absolute Gasteiger partial charge is 0.504 e. The third-order valence-electron chi connectivity index (χ3n) is 5.62. The number of fused-ring (bicyclic) bond motifs is 1. The summed E-state index contributed by atoms with van der Waals surface area (Å²) in [6.45, 7) is 0. The SMILES string of the molecule is O=C(CCc1ccc(O)c2oc(-c3ccc(O)c(O)c3)cc12)O[C@H](Cc1ccc(O)c(O)c1)C(=O)O. The van der Waals surface area contributed by atoms with Crippen molar-refractivity contribution in [3.8, 4) is 40.1 Å². The molecule has 3 aromatic carbocycles. The van der Waals surface area contributed by atoms with Crippen molar-refractivity contribution in [3.05, 3.63) is 65.7 Å². The fourth-order valence-electron chi connectivity index (χ4n) is 3.75. The number of carbonyl (C=O) groups is 2. The number of ether oxygens (including phenoxy) is 1. The van der Waals surface area contributed by atoms with Gasteiger partial charge in [-0.15, -0.1) is 0 Å². The third kappa shape index (κ3) is 5.12. The van der Waals surface area contributed by atoms with E-state index in [-0.39, 0.29) is 47.8 Å². The van der Waals surface area contributed by atoms with Crippen LogP contribution in [0.15, 0.2) is 59.0 Å². The summed E-state index contributed by atoms with van der Waals surface area (Å²) in [7, 11) is 0. The number of phenolic OH excluding ortho intramolecular Hbond substituents is 5. The first kappa shape index (κ1) is 24.3. The lowest BCUT2D eigenvalue weighted by Gasteiger charge is -2.14. The molecule has 1 aromatic heterocycles. The van der Waals surface area contributed by atoms with E-state index in [1.54, 1.807) is 12.1 Å². The van der Waals surface area contributed by atoms with Crippen molar-refractivity contribution in [2.45, 2.75) is 25.4 Å². The fraction of sp³-hybridized carbons (Fsp3) is 0.154. The number of benzene rings is 3. The zero-order valence-electron chi connectivity index (χ0n) is 18.7. The number of aliphatic carboxylic acids is 1. The predicted octanol–water partition coefficient (Wildman–Crippen LogP) is 3.80. The zero-order valence-corrected chi connectivity index (χ0v) is 18.7. The molecule has 0 amide bonds. The molecule has 1 heterocycles. The summed E-state index contributed by atoms with van der Waals surface area (Å²) in [4.78, 5) is 24.0. The highest BCUT2D eigenvalue weighted by atomic mass is 16.6. The van der Waals surface area contributed by atoms with Gasteiger partial charge in [-0.2, -0.15) is 0 Å². The molecular formula is C26H22O10. The Morgan fingerprint density at radius 3 is 2.14 bits per heavy atom. The second kappa shape index (κ2) is 9.79. The van der Waals surface area contributed by atoms with Crippen LogP contribution in [0.4, 0.5) is 0 Å². The molecule has 10 nitrogen and oxygen atoms in total. The molecule has 0 radical (unpaired) electrons. The molecular weight excluding hydrogens is 472 g/mol. The number of carboxylic acid groups (broad SMARTS) is 1. The summed E-state index contributed by atoms with van der Waals surface area (Å²) in [5, 5.41) is 58.5. The van der Waals surface area contributed by atoms with Crippen LogP contribution in [0.1, 0.15) is 17.5 Å². The lowest BCUT2D eigenvalue weighted by atomic mass is 10.0. The van der Waals surface area contributed by atoms with Crippen LogP contribution in [0, 0.1) is 0 Å². The van der Waals surface area contributed by atoms with Crippen LogP contribution in [-0.2, 0) is 27.2 Å². The van der Waals surface area contributed by atoms with Crippen molar-refractivity contribution in [1.82, 2.24) is 0 Å². The van der Waals surface area contributed by atoms with E-state index >= 15 is 0 Å². The van der Waals surface area contributed by atoms with Crippen molar-refractivity contribution in [2.24, 2.45) is 0 Å². The number of furan rings is 1. The summed E-state index contributed by atoms with van der Waals surface area (Å²) >= 11 is 0. The number of rotatable bonds is 8. The number of hydrogen-bond donors (Lipinski definition) is 6. The fourth-order valence-corrected chi connectivity index (χ4v) is 3.75. The maximum atomic E-state index is 12.4. The first-order valence-corrected chi connectivity index (χ1v) is 10.8. The van der Waals surface area contributed by atoms with Gasteiger partial charge in [-0.3, -0.25) is 4.79 Å².